The molecular weight excluding hydrogens is 518 g/mol. The van der Waals surface area contributed by atoms with Gasteiger partial charge in [0.15, 0.2) is 23.1 Å². The molecule has 0 saturated heterocycles. The molecule has 0 bridgehead atoms. The van der Waals surface area contributed by atoms with E-state index in [9.17, 15) is 17.6 Å². The highest BCUT2D eigenvalue weighted by Crippen LogP contribution is 2.42. The maximum Gasteiger partial charge on any atom is 0.419 e. The lowest BCUT2D eigenvalue weighted by atomic mass is 9.75. The summed E-state index contributed by atoms with van der Waals surface area (Å²) in [6.07, 6.45) is 6.22. The summed E-state index contributed by atoms with van der Waals surface area (Å²) in [6.45, 7) is 2.17. The number of benzene rings is 2. The number of methoxy groups -OCH3 is 1. The number of alkyl halides is 2. The molecule has 2 nitrogen and oxygen atoms in total. The Kier molecular flexibility index (Phi) is 9.55. The van der Waals surface area contributed by atoms with Crippen LogP contribution in [0.25, 0.3) is 0 Å². The van der Waals surface area contributed by atoms with E-state index in [1.807, 2.05) is 0 Å². The van der Waals surface area contributed by atoms with Crippen LogP contribution in [0.4, 0.5) is 26.3 Å². The molecule has 39 heavy (non-hydrogen) atoms. The van der Waals surface area contributed by atoms with E-state index in [0.29, 0.717) is 48.8 Å². The number of rotatable bonds is 9. The van der Waals surface area contributed by atoms with E-state index in [0.717, 1.165) is 51.3 Å². The lowest BCUT2D eigenvalue weighted by Crippen LogP contribution is -2.23. The minimum Gasteiger partial charge on any atom is -0.494 e. The largest absolute Gasteiger partial charge is 0.494 e. The average Bonchev–Trinajstić information content (AvgIpc) is 2.93. The van der Waals surface area contributed by atoms with E-state index in [1.165, 1.54) is 12.5 Å². The molecule has 0 amide bonds. The molecular formula is C31H36F6O2. The third-order valence-corrected chi connectivity index (χ3v) is 8.38. The van der Waals surface area contributed by atoms with Gasteiger partial charge in [-0.25, -0.2) is 8.78 Å². The molecule has 2 fully saturated rings. The molecule has 0 unspecified atom stereocenters. The minimum absolute atomic E-state index is 0.0503. The van der Waals surface area contributed by atoms with Crippen molar-refractivity contribution in [1.82, 2.24) is 0 Å². The van der Waals surface area contributed by atoms with E-state index in [-0.39, 0.29) is 17.8 Å². The maximum atomic E-state index is 15.1. The van der Waals surface area contributed by atoms with Crippen molar-refractivity contribution in [2.45, 2.75) is 89.1 Å². The zero-order chi connectivity index (χ0) is 28.2. The molecule has 0 radical (unpaired) electrons. The van der Waals surface area contributed by atoms with Crippen molar-refractivity contribution in [2.75, 3.05) is 7.11 Å². The first-order chi connectivity index (χ1) is 18.6. The van der Waals surface area contributed by atoms with Crippen molar-refractivity contribution in [3.05, 3.63) is 70.8 Å². The summed E-state index contributed by atoms with van der Waals surface area (Å²) in [7, 11) is 1.13. The smallest absolute Gasteiger partial charge is 0.419 e. The molecule has 2 aliphatic carbocycles. The highest BCUT2D eigenvalue weighted by Gasteiger charge is 2.33. The summed E-state index contributed by atoms with van der Waals surface area (Å²) in [5, 5.41) is 0. The van der Waals surface area contributed by atoms with Gasteiger partial charge in [-0.2, -0.15) is 17.6 Å². The second-order valence-corrected chi connectivity index (χ2v) is 10.9. The molecule has 0 heterocycles. The monoisotopic (exact) mass is 554 g/mol. The van der Waals surface area contributed by atoms with Gasteiger partial charge in [-0.05, 0) is 98.3 Å². The van der Waals surface area contributed by atoms with Gasteiger partial charge in [0.05, 0.1) is 7.11 Å². The molecule has 2 saturated carbocycles. The Morgan fingerprint density at radius 2 is 1.26 bits per heavy atom. The number of allylic oxidation sites excluding steroid dienone is 1. The fraction of sp³-hybridized carbons (Fsp3) is 0.548. The summed E-state index contributed by atoms with van der Waals surface area (Å²) in [5.74, 6) is -5.53. The molecule has 0 aromatic heterocycles. The zero-order valence-corrected chi connectivity index (χ0v) is 22.4. The molecule has 8 heteroatoms. The van der Waals surface area contributed by atoms with Gasteiger partial charge in [-0.1, -0.05) is 38.0 Å². The fourth-order valence-electron chi connectivity index (χ4n) is 6.18. The molecule has 0 atom stereocenters. The van der Waals surface area contributed by atoms with Gasteiger partial charge in [0.1, 0.15) is 0 Å². The first-order valence-electron chi connectivity index (χ1n) is 13.9. The lowest BCUT2D eigenvalue weighted by Gasteiger charge is -2.30. The van der Waals surface area contributed by atoms with Crippen molar-refractivity contribution in [1.29, 1.82) is 0 Å². The molecule has 0 N–H and O–H groups in total. The van der Waals surface area contributed by atoms with Gasteiger partial charge in [0, 0.05) is 6.08 Å². The van der Waals surface area contributed by atoms with Crippen molar-refractivity contribution in [2.24, 2.45) is 11.8 Å². The van der Waals surface area contributed by atoms with E-state index < -0.39 is 40.9 Å². The topological polar surface area (TPSA) is 18.5 Å². The Balaban J connectivity index is 1.34. The van der Waals surface area contributed by atoms with Gasteiger partial charge in [0.2, 0.25) is 11.6 Å². The van der Waals surface area contributed by atoms with E-state index in [2.05, 4.69) is 16.4 Å². The van der Waals surface area contributed by atoms with Crippen molar-refractivity contribution in [3.63, 3.8) is 0 Å². The number of hydrogen-bond donors (Lipinski definition) is 0. The number of hydrogen-bond acceptors (Lipinski definition) is 2. The molecule has 2 aromatic rings. The Hall–Kier alpha value is -2.64. The van der Waals surface area contributed by atoms with E-state index in [1.54, 1.807) is 12.1 Å². The SMILES string of the molecule is CCCC1CCC(c2ccc(C3CCC(/C=C/C(F)(F)Oc4ccc(OC)c(F)c4F)CC3)c(F)c2F)CC1. The van der Waals surface area contributed by atoms with Crippen molar-refractivity contribution in [3.8, 4) is 11.5 Å². The van der Waals surface area contributed by atoms with Crippen molar-refractivity contribution < 1.29 is 35.8 Å². The molecule has 4 rings (SSSR count). The second-order valence-electron chi connectivity index (χ2n) is 10.9. The van der Waals surface area contributed by atoms with E-state index in [4.69, 9.17) is 0 Å². The average molecular weight is 555 g/mol. The molecule has 2 aliphatic rings. The summed E-state index contributed by atoms with van der Waals surface area (Å²) in [6, 6.07) is 5.32. The number of ether oxygens (including phenoxy) is 2. The molecule has 0 aliphatic heterocycles. The van der Waals surface area contributed by atoms with Crippen LogP contribution >= 0.6 is 0 Å². The quantitative estimate of drug-likeness (QED) is 0.227. The van der Waals surface area contributed by atoms with Crippen LogP contribution in [0.5, 0.6) is 11.5 Å². The van der Waals surface area contributed by atoms with Crippen LogP contribution in [0.1, 0.15) is 94.1 Å². The third kappa shape index (κ3) is 6.93. The lowest BCUT2D eigenvalue weighted by molar-refractivity contribution is -0.134. The van der Waals surface area contributed by atoms with Gasteiger partial charge < -0.3 is 9.47 Å². The zero-order valence-electron chi connectivity index (χ0n) is 22.4. The Labute approximate surface area is 226 Å². The predicted octanol–water partition coefficient (Wildman–Crippen LogP) is 9.83. The van der Waals surface area contributed by atoms with Crippen LogP contribution in [0.2, 0.25) is 0 Å². The summed E-state index contributed by atoms with van der Waals surface area (Å²) >= 11 is 0. The van der Waals surface area contributed by atoms with Crippen LogP contribution in [-0.4, -0.2) is 13.2 Å². The van der Waals surface area contributed by atoms with Gasteiger partial charge in [-0.15, -0.1) is 0 Å². The standard InChI is InChI=1S/C31H36F6O2/c1-3-4-19-5-9-21(10-6-19)23-13-14-24(28(33)27(23)32)22-11-7-20(8-12-22)17-18-31(36,37)39-26-16-15-25(38-2)29(34)30(26)35/h13-22H,3-12H2,1-2H3/b18-17+. The first kappa shape index (κ1) is 29.3. The minimum atomic E-state index is -3.86. The fourth-order valence-corrected chi connectivity index (χ4v) is 6.18. The Morgan fingerprint density at radius 3 is 1.79 bits per heavy atom. The van der Waals surface area contributed by atoms with Crippen molar-refractivity contribution >= 4 is 0 Å². The van der Waals surface area contributed by atoms with Crippen LogP contribution < -0.4 is 9.47 Å². The number of halogens is 6. The molecule has 2 aromatic carbocycles. The van der Waals surface area contributed by atoms with Crippen LogP contribution in [0.3, 0.4) is 0 Å². The molecule has 214 valence electrons. The summed E-state index contributed by atoms with van der Waals surface area (Å²) in [5.41, 5.74) is 0.822. The van der Waals surface area contributed by atoms with Crippen LogP contribution in [0.15, 0.2) is 36.4 Å². The molecule has 0 spiro atoms. The van der Waals surface area contributed by atoms with Crippen LogP contribution in [-0.2, 0) is 0 Å². The Bertz CT molecular complexity index is 1150. The third-order valence-electron chi connectivity index (χ3n) is 8.38. The van der Waals surface area contributed by atoms with Crippen LogP contribution in [0, 0.1) is 35.1 Å². The van der Waals surface area contributed by atoms with Gasteiger partial charge in [-0.3, -0.25) is 0 Å². The maximum absolute atomic E-state index is 15.1. The van der Waals surface area contributed by atoms with E-state index >= 15 is 8.78 Å². The normalized spacial score (nSPS) is 24.2. The highest BCUT2D eigenvalue weighted by atomic mass is 19.3. The summed E-state index contributed by atoms with van der Waals surface area (Å²) < 4.78 is 95.8. The van der Waals surface area contributed by atoms with Gasteiger partial charge >= 0.3 is 6.11 Å². The Morgan fingerprint density at radius 1 is 0.744 bits per heavy atom. The second kappa shape index (κ2) is 12.7. The predicted molar refractivity (Wildman–Crippen MR) is 138 cm³/mol. The van der Waals surface area contributed by atoms with Gasteiger partial charge in [0.25, 0.3) is 0 Å². The summed E-state index contributed by atoms with van der Waals surface area (Å²) in [4.78, 5) is 0. The first-order valence-corrected chi connectivity index (χ1v) is 13.9. The highest BCUT2D eigenvalue weighted by molar-refractivity contribution is 5.35.